The number of carboxylic acids is 1. The van der Waals surface area contributed by atoms with Crippen molar-refractivity contribution in [2.24, 2.45) is 0 Å². The molecule has 4 N–H and O–H groups in total. The molecule has 1 unspecified atom stereocenters. The van der Waals surface area contributed by atoms with E-state index in [0.717, 1.165) is 0 Å². The van der Waals surface area contributed by atoms with Gasteiger partial charge in [-0.05, 0) is 13.3 Å². The van der Waals surface area contributed by atoms with E-state index in [1.165, 1.54) is 0 Å². The van der Waals surface area contributed by atoms with Gasteiger partial charge >= 0.3 is 12.0 Å². The number of aliphatic hydroxyl groups is 1. The van der Waals surface area contributed by atoms with E-state index in [-0.39, 0.29) is 6.04 Å². The zero-order valence-corrected chi connectivity index (χ0v) is 9.40. The van der Waals surface area contributed by atoms with Crippen LogP contribution in [-0.2, 0) is 9.53 Å². The molecule has 0 aliphatic heterocycles. The van der Waals surface area contributed by atoms with Gasteiger partial charge in [0, 0.05) is 19.8 Å². The molecule has 0 aromatic heterocycles. The van der Waals surface area contributed by atoms with E-state index in [0.29, 0.717) is 13.0 Å². The molecule has 2 amide bonds. The van der Waals surface area contributed by atoms with E-state index in [1.807, 2.05) is 0 Å². The minimum atomic E-state index is -1.28. The Balaban J connectivity index is 3.92. The highest BCUT2D eigenvalue weighted by Crippen LogP contribution is 1.91. The molecule has 0 radical (unpaired) electrons. The lowest BCUT2D eigenvalue weighted by Crippen LogP contribution is -2.50. The van der Waals surface area contributed by atoms with Crippen molar-refractivity contribution in [1.82, 2.24) is 10.6 Å². The van der Waals surface area contributed by atoms with Crippen LogP contribution in [0.3, 0.4) is 0 Å². The fourth-order valence-electron chi connectivity index (χ4n) is 0.976. The van der Waals surface area contributed by atoms with Crippen molar-refractivity contribution in [3.63, 3.8) is 0 Å². The third-order valence-electron chi connectivity index (χ3n) is 1.92. The Morgan fingerprint density at radius 3 is 2.44 bits per heavy atom. The first kappa shape index (κ1) is 14.7. The van der Waals surface area contributed by atoms with Crippen LogP contribution in [0.25, 0.3) is 0 Å². The first-order chi connectivity index (χ1) is 7.51. The van der Waals surface area contributed by atoms with Gasteiger partial charge < -0.3 is 25.6 Å². The summed E-state index contributed by atoms with van der Waals surface area (Å²) in [5.41, 5.74) is 0. The van der Waals surface area contributed by atoms with Crippen LogP contribution in [0.2, 0.25) is 0 Å². The number of methoxy groups -OCH3 is 1. The van der Waals surface area contributed by atoms with Crippen molar-refractivity contribution in [2.45, 2.75) is 25.4 Å². The number of carbonyl (C=O) groups excluding carboxylic acids is 1. The Morgan fingerprint density at radius 2 is 2.00 bits per heavy atom. The zero-order chi connectivity index (χ0) is 12.6. The summed E-state index contributed by atoms with van der Waals surface area (Å²) < 4.78 is 4.83. The summed E-state index contributed by atoms with van der Waals surface area (Å²) >= 11 is 0. The molecular formula is C9H18N2O5. The molecule has 16 heavy (non-hydrogen) atoms. The number of ether oxygens (including phenoxy) is 1. The molecule has 0 bridgehead atoms. The van der Waals surface area contributed by atoms with Crippen molar-refractivity contribution in [2.75, 3.05) is 20.3 Å². The average molecular weight is 234 g/mol. The van der Waals surface area contributed by atoms with Crippen molar-refractivity contribution in [3.05, 3.63) is 0 Å². The van der Waals surface area contributed by atoms with E-state index in [2.05, 4.69) is 10.6 Å². The van der Waals surface area contributed by atoms with E-state index in [4.69, 9.17) is 14.9 Å². The van der Waals surface area contributed by atoms with Crippen molar-refractivity contribution >= 4 is 12.0 Å². The highest BCUT2D eigenvalue weighted by Gasteiger charge is 2.19. The zero-order valence-electron chi connectivity index (χ0n) is 9.40. The molecule has 2 atom stereocenters. The van der Waals surface area contributed by atoms with Crippen LogP contribution < -0.4 is 10.6 Å². The van der Waals surface area contributed by atoms with Gasteiger partial charge in [0.1, 0.15) is 0 Å². The SMILES string of the molecule is COCCC(C)NC(=O)N[C@@H](CO)C(=O)O. The summed E-state index contributed by atoms with van der Waals surface area (Å²) in [7, 11) is 1.55. The van der Waals surface area contributed by atoms with Gasteiger partial charge in [0.2, 0.25) is 0 Å². The van der Waals surface area contributed by atoms with Crippen LogP contribution in [0.5, 0.6) is 0 Å². The molecule has 7 heteroatoms. The molecule has 7 nitrogen and oxygen atoms in total. The van der Waals surface area contributed by atoms with Crippen LogP contribution in [-0.4, -0.2) is 54.6 Å². The number of urea groups is 1. The van der Waals surface area contributed by atoms with Gasteiger partial charge in [0.05, 0.1) is 6.61 Å². The van der Waals surface area contributed by atoms with Crippen LogP contribution >= 0.6 is 0 Å². The molecule has 0 fully saturated rings. The Bertz CT molecular complexity index is 234. The van der Waals surface area contributed by atoms with Crippen LogP contribution in [0.15, 0.2) is 0 Å². The molecule has 0 rings (SSSR count). The highest BCUT2D eigenvalue weighted by molar-refractivity contribution is 5.82. The smallest absolute Gasteiger partial charge is 0.328 e. The number of nitrogens with one attached hydrogen (secondary N) is 2. The molecule has 0 spiro atoms. The van der Waals surface area contributed by atoms with Crippen LogP contribution in [0.1, 0.15) is 13.3 Å². The second kappa shape index (κ2) is 7.89. The number of carboxylic acid groups (broad SMARTS) is 1. The molecule has 0 heterocycles. The first-order valence-electron chi connectivity index (χ1n) is 4.90. The third kappa shape index (κ3) is 6.20. The van der Waals surface area contributed by atoms with Gasteiger partial charge in [-0.15, -0.1) is 0 Å². The van der Waals surface area contributed by atoms with Gasteiger partial charge in [-0.3, -0.25) is 0 Å². The topological polar surface area (TPSA) is 108 Å². The summed E-state index contributed by atoms with van der Waals surface area (Å²) in [6.45, 7) is 1.63. The van der Waals surface area contributed by atoms with Gasteiger partial charge in [-0.2, -0.15) is 0 Å². The Hall–Kier alpha value is -1.34. The van der Waals surface area contributed by atoms with Crippen molar-refractivity contribution in [3.8, 4) is 0 Å². The number of hydrogen-bond acceptors (Lipinski definition) is 4. The summed E-state index contributed by atoms with van der Waals surface area (Å²) in [5.74, 6) is -1.28. The Labute approximate surface area is 93.8 Å². The number of aliphatic carboxylic acids is 1. The minimum absolute atomic E-state index is 0.131. The molecule has 0 aliphatic rings. The van der Waals surface area contributed by atoms with E-state index >= 15 is 0 Å². The standard InChI is InChI=1S/C9H18N2O5/c1-6(3-4-16-2)10-9(15)11-7(5-12)8(13)14/h6-7,12H,3-5H2,1-2H3,(H,13,14)(H2,10,11,15)/t6?,7-/m0/s1. The lowest BCUT2D eigenvalue weighted by molar-refractivity contribution is -0.140. The molecule has 0 saturated heterocycles. The number of hydrogen-bond donors (Lipinski definition) is 4. The summed E-state index contributed by atoms with van der Waals surface area (Å²) in [5, 5.41) is 21.9. The summed E-state index contributed by atoms with van der Waals surface area (Å²) in [4.78, 5) is 21.8. The highest BCUT2D eigenvalue weighted by atomic mass is 16.5. The number of rotatable bonds is 7. The van der Waals surface area contributed by atoms with Crippen LogP contribution in [0.4, 0.5) is 4.79 Å². The second-order valence-electron chi connectivity index (χ2n) is 3.37. The van der Waals surface area contributed by atoms with E-state index in [1.54, 1.807) is 14.0 Å². The van der Waals surface area contributed by atoms with Crippen molar-refractivity contribution in [1.29, 1.82) is 0 Å². The Morgan fingerprint density at radius 1 is 1.38 bits per heavy atom. The average Bonchev–Trinajstić information content (AvgIpc) is 2.22. The fourth-order valence-corrected chi connectivity index (χ4v) is 0.976. The molecular weight excluding hydrogens is 216 g/mol. The maximum atomic E-state index is 11.3. The second-order valence-corrected chi connectivity index (χ2v) is 3.37. The maximum absolute atomic E-state index is 11.3. The van der Waals surface area contributed by atoms with E-state index < -0.39 is 24.6 Å². The lowest BCUT2D eigenvalue weighted by atomic mass is 10.2. The van der Waals surface area contributed by atoms with Gasteiger partial charge in [0.15, 0.2) is 6.04 Å². The predicted octanol–water partition coefficient (Wildman–Crippen LogP) is -0.844. The number of amides is 2. The third-order valence-corrected chi connectivity index (χ3v) is 1.92. The molecule has 0 aromatic carbocycles. The van der Waals surface area contributed by atoms with Gasteiger partial charge in [-0.25, -0.2) is 9.59 Å². The minimum Gasteiger partial charge on any atom is -0.480 e. The molecule has 94 valence electrons. The molecule has 0 aromatic rings. The normalized spacial score (nSPS) is 13.9. The maximum Gasteiger partial charge on any atom is 0.328 e. The molecule has 0 aliphatic carbocycles. The van der Waals surface area contributed by atoms with E-state index in [9.17, 15) is 9.59 Å². The van der Waals surface area contributed by atoms with Crippen molar-refractivity contribution < 1.29 is 24.5 Å². The van der Waals surface area contributed by atoms with Gasteiger partial charge in [0.25, 0.3) is 0 Å². The fraction of sp³-hybridized carbons (Fsp3) is 0.778. The Kier molecular flexibility index (Phi) is 7.23. The first-order valence-corrected chi connectivity index (χ1v) is 4.90. The van der Waals surface area contributed by atoms with Crippen LogP contribution in [0, 0.1) is 0 Å². The molecule has 0 saturated carbocycles. The monoisotopic (exact) mass is 234 g/mol. The predicted molar refractivity (Wildman–Crippen MR) is 56.1 cm³/mol. The van der Waals surface area contributed by atoms with Gasteiger partial charge in [-0.1, -0.05) is 0 Å². The largest absolute Gasteiger partial charge is 0.480 e. The summed E-state index contributed by atoms with van der Waals surface area (Å²) in [6, 6.07) is -2.03. The summed E-state index contributed by atoms with van der Waals surface area (Å²) in [6.07, 6.45) is 0.626. The number of carbonyl (C=O) groups is 2. The number of aliphatic hydroxyl groups excluding tert-OH is 1. The lowest BCUT2D eigenvalue weighted by Gasteiger charge is -2.16. The quantitative estimate of drug-likeness (QED) is 0.459.